The summed E-state index contributed by atoms with van der Waals surface area (Å²) in [5, 5.41) is 2.02. The number of carbonyl (C=O) groups excluding carboxylic acids is 1. The molecule has 1 aromatic heterocycles. The Kier molecular flexibility index (Phi) is 5.92. The fraction of sp³-hybridized carbons (Fsp3) is 0.500. The van der Waals surface area contributed by atoms with E-state index in [1.165, 1.54) is 0 Å². The van der Waals surface area contributed by atoms with Crippen LogP contribution in [-0.4, -0.2) is 35.2 Å². The van der Waals surface area contributed by atoms with Crippen LogP contribution in [0, 0.1) is 11.8 Å². The lowest BCUT2D eigenvalue weighted by Gasteiger charge is -2.15. The predicted molar refractivity (Wildman–Crippen MR) is 105 cm³/mol. The zero-order valence-corrected chi connectivity index (χ0v) is 16.5. The van der Waals surface area contributed by atoms with Crippen molar-refractivity contribution in [3.05, 3.63) is 41.6 Å². The Labute approximate surface area is 173 Å². The molecule has 1 aromatic carbocycles. The van der Waals surface area contributed by atoms with Crippen LogP contribution >= 0.6 is 0 Å². The quantitative estimate of drug-likeness (QED) is 0.716. The number of aromatic nitrogens is 2. The highest BCUT2D eigenvalue weighted by atomic mass is 19.4. The number of fused-ring (bicyclic) bond motifs is 1. The molecule has 1 unspecified atom stereocenters. The molecule has 1 N–H and O–H groups in total. The van der Waals surface area contributed by atoms with Crippen LogP contribution in [0.3, 0.4) is 0 Å². The molecule has 5 nitrogen and oxygen atoms in total. The van der Waals surface area contributed by atoms with Crippen LogP contribution < -0.4 is 10.1 Å². The van der Waals surface area contributed by atoms with Crippen LogP contribution in [0.25, 0.3) is 11.4 Å². The molecule has 30 heavy (non-hydrogen) atoms. The van der Waals surface area contributed by atoms with E-state index >= 15 is 0 Å². The Balaban J connectivity index is 1.55. The van der Waals surface area contributed by atoms with E-state index in [1.54, 1.807) is 0 Å². The first-order chi connectivity index (χ1) is 14.4. The van der Waals surface area contributed by atoms with E-state index in [1.807, 2.05) is 35.6 Å². The minimum Gasteiger partial charge on any atom is -0.477 e. The van der Waals surface area contributed by atoms with Gasteiger partial charge in [0.15, 0.2) is 5.82 Å². The number of hydrogen-bond acceptors (Lipinski definition) is 4. The third-order valence-electron chi connectivity index (χ3n) is 5.55. The van der Waals surface area contributed by atoms with Crippen molar-refractivity contribution < 1.29 is 22.7 Å². The number of amides is 1. The molecule has 0 bridgehead atoms. The summed E-state index contributed by atoms with van der Waals surface area (Å²) in [6.45, 7) is -0.698. The monoisotopic (exact) mass is 419 g/mol. The van der Waals surface area contributed by atoms with E-state index < -0.39 is 24.5 Å². The van der Waals surface area contributed by atoms with Crippen molar-refractivity contribution in [1.29, 1.82) is 0 Å². The van der Waals surface area contributed by atoms with Crippen molar-refractivity contribution in [2.24, 2.45) is 11.8 Å². The van der Waals surface area contributed by atoms with Gasteiger partial charge in [-0.1, -0.05) is 30.3 Å². The van der Waals surface area contributed by atoms with Crippen molar-refractivity contribution >= 4 is 5.91 Å². The third-order valence-corrected chi connectivity index (χ3v) is 5.55. The molecular formula is C22H24F3N3O2. The van der Waals surface area contributed by atoms with E-state index in [2.05, 4.69) is 4.98 Å². The fourth-order valence-electron chi connectivity index (χ4n) is 3.65. The average Bonchev–Trinajstić information content (AvgIpc) is 3.57. The van der Waals surface area contributed by atoms with Gasteiger partial charge in [-0.05, 0) is 44.4 Å². The molecule has 8 heteroatoms. The Morgan fingerprint density at radius 1 is 1.07 bits per heavy atom. The molecule has 160 valence electrons. The highest BCUT2D eigenvalue weighted by Crippen LogP contribution is 2.34. The predicted octanol–water partition coefficient (Wildman–Crippen LogP) is 4.11. The molecule has 1 atom stereocenters. The molecule has 1 amide bonds. The van der Waals surface area contributed by atoms with E-state index in [4.69, 9.17) is 9.72 Å². The second-order valence-corrected chi connectivity index (χ2v) is 8.01. The number of alkyl halides is 3. The molecule has 1 heterocycles. The van der Waals surface area contributed by atoms with Gasteiger partial charge in [0.25, 0.3) is 0 Å². The maximum absolute atomic E-state index is 12.4. The van der Waals surface area contributed by atoms with Gasteiger partial charge in [-0.3, -0.25) is 4.79 Å². The normalized spacial score (nSPS) is 19.0. The summed E-state index contributed by atoms with van der Waals surface area (Å²) in [7, 11) is 0. The van der Waals surface area contributed by atoms with Crippen molar-refractivity contribution in [3.8, 4) is 17.3 Å². The number of carbonyl (C=O) groups is 1. The highest BCUT2D eigenvalue weighted by molar-refractivity contribution is 5.78. The van der Waals surface area contributed by atoms with Crippen LogP contribution in [-0.2, 0) is 17.6 Å². The molecular weight excluding hydrogens is 395 g/mol. The van der Waals surface area contributed by atoms with Crippen molar-refractivity contribution in [3.63, 3.8) is 0 Å². The molecule has 0 saturated heterocycles. The summed E-state index contributed by atoms with van der Waals surface area (Å²) in [5.74, 6) is 0.625. The number of nitrogens with one attached hydrogen (secondary N) is 1. The van der Waals surface area contributed by atoms with Crippen LogP contribution in [0.5, 0.6) is 5.88 Å². The molecule has 4 rings (SSSR count). The second kappa shape index (κ2) is 8.62. The summed E-state index contributed by atoms with van der Waals surface area (Å²) in [6.07, 6.45) is -0.200. The molecule has 0 aliphatic heterocycles. The van der Waals surface area contributed by atoms with Crippen molar-refractivity contribution in [2.45, 2.75) is 44.7 Å². The number of halogens is 3. The highest BCUT2D eigenvalue weighted by Gasteiger charge is 2.31. The van der Waals surface area contributed by atoms with Crippen LogP contribution in [0.15, 0.2) is 30.3 Å². The first-order valence-corrected chi connectivity index (χ1v) is 10.3. The van der Waals surface area contributed by atoms with Gasteiger partial charge in [0.2, 0.25) is 11.8 Å². The molecule has 2 aliphatic carbocycles. The molecule has 2 aliphatic rings. The van der Waals surface area contributed by atoms with Gasteiger partial charge in [-0.25, -0.2) is 4.98 Å². The summed E-state index contributed by atoms with van der Waals surface area (Å²) in [5.41, 5.74) is 2.57. The van der Waals surface area contributed by atoms with Crippen molar-refractivity contribution in [2.75, 3.05) is 13.2 Å². The second-order valence-electron chi connectivity index (χ2n) is 8.01. The summed E-state index contributed by atoms with van der Waals surface area (Å²) in [6, 6.07) is 9.60. The first-order valence-electron chi connectivity index (χ1n) is 10.3. The van der Waals surface area contributed by atoms with E-state index in [-0.39, 0.29) is 0 Å². The standard InChI is InChI=1S/C22H24F3N3O2/c23-22(24,25)13-26-20(29)16-8-10-17-18(11-9-16)27-19(15-4-2-1-3-5-15)28-21(17)30-12-14-6-7-14/h1-5,14,16H,6-13H2,(H,26,29). The number of hydrogen-bond donors (Lipinski definition) is 1. The Hall–Kier alpha value is -2.64. The number of rotatable bonds is 6. The lowest BCUT2D eigenvalue weighted by Crippen LogP contribution is -2.37. The maximum atomic E-state index is 12.4. The fourth-order valence-corrected chi connectivity index (χ4v) is 3.65. The zero-order chi connectivity index (χ0) is 21.1. The smallest absolute Gasteiger partial charge is 0.405 e. The van der Waals surface area contributed by atoms with E-state index in [9.17, 15) is 18.0 Å². The third kappa shape index (κ3) is 5.29. The molecule has 1 fully saturated rings. The summed E-state index contributed by atoms with van der Waals surface area (Å²) >= 11 is 0. The molecule has 1 saturated carbocycles. The van der Waals surface area contributed by atoms with Gasteiger partial charge in [0, 0.05) is 17.0 Å². The lowest BCUT2D eigenvalue weighted by molar-refractivity contribution is -0.141. The lowest BCUT2D eigenvalue weighted by atomic mass is 9.99. The van der Waals surface area contributed by atoms with E-state index in [0.29, 0.717) is 49.9 Å². The van der Waals surface area contributed by atoms with Gasteiger partial charge >= 0.3 is 6.18 Å². The van der Waals surface area contributed by atoms with E-state index in [0.717, 1.165) is 29.7 Å². The van der Waals surface area contributed by atoms with Crippen LogP contribution in [0.4, 0.5) is 13.2 Å². The van der Waals surface area contributed by atoms with Gasteiger partial charge in [0.1, 0.15) is 6.54 Å². The molecule has 0 spiro atoms. The largest absolute Gasteiger partial charge is 0.477 e. The minimum absolute atomic E-state index is 0.448. The van der Waals surface area contributed by atoms with Crippen molar-refractivity contribution in [1.82, 2.24) is 15.3 Å². The average molecular weight is 419 g/mol. The summed E-state index contributed by atoms with van der Waals surface area (Å²) < 4.78 is 43.4. The Morgan fingerprint density at radius 3 is 2.50 bits per heavy atom. The minimum atomic E-state index is -4.41. The molecule has 2 aromatic rings. The van der Waals surface area contributed by atoms with Gasteiger partial charge < -0.3 is 10.1 Å². The van der Waals surface area contributed by atoms with Crippen LogP contribution in [0.2, 0.25) is 0 Å². The number of ether oxygens (including phenoxy) is 1. The maximum Gasteiger partial charge on any atom is 0.405 e. The molecule has 0 radical (unpaired) electrons. The van der Waals surface area contributed by atoms with Gasteiger partial charge in [-0.2, -0.15) is 18.2 Å². The number of aryl methyl sites for hydroxylation is 1. The zero-order valence-electron chi connectivity index (χ0n) is 16.5. The SMILES string of the molecule is O=C(NCC(F)(F)F)C1CCc2nc(-c3ccccc3)nc(OCC3CC3)c2CC1. The van der Waals surface area contributed by atoms with Gasteiger partial charge in [-0.15, -0.1) is 0 Å². The number of benzene rings is 1. The topological polar surface area (TPSA) is 64.1 Å². The van der Waals surface area contributed by atoms with Crippen LogP contribution in [0.1, 0.15) is 36.9 Å². The Morgan fingerprint density at radius 2 is 1.80 bits per heavy atom. The number of nitrogens with zero attached hydrogens (tertiary/aromatic N) is 2. The Bertz CT molecular complexity index is 898. The first kappa shape index (κ1) is 20.6. The van der Waals surface area contributed by atoms with Gasteiger partial charge in [0.05, 0.1) is 12.3 Å². The summed E-state index contributed by atoms with van der Waals surface area (Å²) in [4.78, 5) is 21.6.